The number of thiol groups is 1. The van der Waals surface area contributed by atoms with E-state index in [-0.39, 0.29) is 11.2 Å². The molecule has 2 atom stereocenters. The Balaban J connectivity index is 2.19. The van der Waals surface area contributed by atoms with Gasteiger partial charge >= 0.3 is 0 Å². The van der Waals surface area contributed by atoms with Gasteiger partial charge in [0.15, 0.2) is 0 Å². The molecule has 0 aromatic rings. The van der Waals surface area contributed by atoms with Gasteiger partial charge in [-0.05, 0) is 33.7 Å². The monoisotopic (exact) mass is 216 g/mol. The quantitative estimate of drug-likeness (QED) is 0.669. The third-order valence-electron chi connectivity index (χ3n) is 2.77. The molecule has 3 nitrogen and oxygen atoms in total. The predicted molar refractivity (Wildman–Crippen MR) is 61.7 cm³/mol. The van der Waals surface area contributed by atoms with Gasteiger partial charge in [0.25, 0.3) is 0 Å². The molecule has 0 bridgehead atoms. The molecule has 82 valence electrons. The molecule has 0 aromatic heterocycles. The van der Waals surface area contributed by atoms with Crippen LogP contribution < -0.4 is 5.32 Å². The second-order valence-corrected chi connectivity index (χ2v) is 4.94. The fourth-order valence-electron chi connectivity index (χ4n) is 1.38. The Morgan fingerprint density at radius 1 is 1.57 bits per heavy atom. The van der Waals surface area contributed by atoms with Gasteiger partial charge in [-0.3, -0.25) is 9.69 Å². The minimum atomic E-state index is -0.214. The Morgan fingerprint density at radius 3 is 2.57 bits per heavy atom. The summed E-state index contributed by atoms with van der Waals surface area (Å²) in [5.74, 6) is 0.0179. The van der Waals surface area contributed by atoms with E-state index in [1.54, 1.807) is 6.92 Å². The molecule has 0 radical (unpaired) electrons. The summed E-state index contributed by atoms with van der Waals surface area (Å²) in [6.45, 7) is 4.65. The van der Waals surface area contributed by atoms with Crippen LogP contribution >= 0.6 is 12.6 Å². The number of nitrogens with zero attached hydrogens (tertiary/aromatic N) is 1. The molecule has 0 spiro atoms. The molecule has 1 aliphatic rings. The van der Waals surface area contributed by atoms with E-state index >= 15 is 0 Å². The fourth-order valence-corrected chi connectivity index (χ4v) is 1.47. The molecule has 1 aliphatic carbocycles. The van der Waals surface area contributed by atoms with Crippen LogP contribution in [0, 0.1) is 0 Å². The second kappa shape index (κ2) is 5.03. The van der Waals surface area contributed by atoms with Crippen molar-refractivity contribution in [3.63, 3.8) is 0 Å². The summed E-state index contributed by atoms with van der Waals surface area (Å²) < 4.78 is 0. The van der Waals surface area contributed by atoms with Crippen LogP contribution in [0.3, 0.4) is 0 Å². The van der Waals surface area contributed by atoms with E-state index in [0.29, 0.717) is 6.04 Å². The van der Waals surface area contributed by atoms with Gasteiger partial charge in [-0.2, -0.15) is 12.6 Å². The predicted octanol–water partition coefficient (Wildman–Crippen LogP) is 0.904. The summed E-state index contributed by atoms with van der Waals surface area (Å²) in [5.41, 5.74) is 0. The first kappa shape index (κ1) is 11.9. The van der Waals surface area contributed by atoms with Crippen molar-refractivity contribution in [1.82, 2.24) is 10.2 Å². The van der Waals surface area contributed by atoms with E-state index < -0.39 is 0 Å². The van der Waals surface area contributed by atoms with E-state index in [0.717, 1.165) is 12.6 Å². The van der Waals surface area contributed by atoms with Crippen molar-refractivity contribution in [2.45, 2.75) is 44.0 Å². The largest absolute Gasteiger partial charge is 0.354 e. The number of rotatable bonds is 5. The molecule has 0 aromatic carbocycles. The lowest BCUT2D eigenvalue weighted by Crippen LogP contribution is -2.42. The van der Waals surface area contributed by atoms with Crippen molar-refractivity contribution in [3.8, 4) is 0 Å². The Bertz CT molecular complexity index is 204. The summed E-state index contributed by atoms with van der Waals surface area (Å²) in [6.07, 6.45) is 2.61. The van der Waals surface area contributed by atoms with E-state index in [1.165, 1.54) is 12.8 Å². The molecule has 1 rings (SSSR count). The zero-order valence-corrected chi connectivity index (χ0v) is 10.1. The lowest BCUT2D eigenvalue weighted by atomic mass is 10.3. The molecule has 0 heterocycles. The van der Waals surface area contributed by atoms with Crippen molar-refractivity contribution in [1.29, 1.82) is 0 Å². The number of nitrogens with one attached hydrogen (secondary N) is 1. The van der Waals surface area contributed by atoms with Crippen molar-refractivity contribution in [2.24, 2.45) is 0 Å². The average molecular weight is 216 g/mol. The minimum Gasteiger partial charge on any atom is -0.354 e. The first-order valence-electron chi connectivity index (χ1n) is 5.20. The fraction of sp³-hybridized carbons (Fsp3) is 0.900. The third-order valence-corrected chi connectivity index (χ3v) is 3.00. The second-order valence-electron chi connectivity index (χ2n) is 4.17. The Kier molecular flexibility index (Phi) is 4.26. The molecule has 1 fully saturated rings. The summed E-state index contributed by atoms with van der Waals surface area (Å²) in [6, 6.07) is 1.16. The Hall–Kier alpha value is -0.220. The lowest BCUT2D eigenvalue weighted by Gasteiger charge is -2.24. The average Bonchev–Trinajstić information content (AvgIpc) is 2.95. The summed E-state index contributed by atoms with van der Waals surface area (Å²) in [7, 11) is 2.12. The molecule has 1 N–H and O–H groups in total. The first-order valence-corrected chi connectivity index (χ1v) is 5.71. The number of carbonyl (C=O) groups excluding carboxylic acids is 1. The molecule has 0 saturated heterocycles. The maximum atomic E-state index is 11.2. The Morgan fingerprint density at radius 2 is 2.14 bits per heavy atom. The highest BCUT2D eigenvalue weighted by Crippen LogP contribution is 2.26. The third kappa shape index (κ3) is 3.50. The molecule has 4 heteroatoms. The standard InChI is InChI=1S/C10H20N2OS/c1-7(12(3)9-4-5-9)6-11-10(13)8(2)14/h7-9,14H,4-6H2,1-3H3,(H,11,13). The van der Waals surface area contributed by atoms with Crippen LogP contribution in [0.25, 0.3) is 0 Å². The molecule has 1 amide bonds. The van der Waals surface area contributed by atoms with Crippen LogP contribution in [0.4, 0.5) is 0 Å². The van der Waals surface area contributed by atoms with Crippen LogP contribution in [0.1, 0.15) is 26.7 Å². The lowest BCUT2D eigenvalue weighted by molar-refractivity contribution is -0.120. The first-order chi connectivity index (χ1) is 6.52. The van der Waals surface area contributed by atoms with Crippen LogP contribution in [0.5, 0.6) is 0 Å². The van der Waals surface area contributed by atoms with Crippen LogP contribution in [0.2, 0.25) is 0 Å². The topological polar surface area (TPSA) is 32.3 Å². The number of carbonyl (C=O) groups is 1. The highest BCUT2D eigenvalue weighted by molar-refractivity contribution is 7.81. The van der Waals surface area contributed by atoms with Gasteiger partial charge in [0, 0.05) is 18.6 Å². The van der Waals surface area contributed by atoms with Crippen molar-refractivity contribution < 1.29 is 4.79 Å². The SMILES string of the molecule is CC(S)C(=O)NCC(C)N(C)C1CC1. The smallest absolute Gasteiger partial charge is 0.232 e. The van der Waals surface area contributed by atoms with Gasteiger partial charge in [-0.1, -0.05) is 0 Å². The molecule has 2 unspecified atom stereocenters. The zero-order chi connectivity index (χ0) is 10.7. The van der Waals surface area contributed by atoms with Crippen molar-refractivity contribution in [2.75, 3.05) is 13.6 Å². The maximum Gasteiger partial charge on any atom is 0.232 e. The van der Waals surface area contributed by atoms with E-state index in [4.69, 9.17) is 0 Å². The van der Waals surface area contributed by atoms with Crippen LogP contribution in [0.15, 0.2) is 0 Å². The summed E-state index contributed by atoms with van der Waals surface area (Å²) >= 11 is 4.07. The van der Waals surface area contributed by atoms with Crippen molar-refractivity contribution >= 4 is 18.5 Å². The molecule has 1 saturated carbocycles. The van der Waals surface area contributed by atoms with E-state index in [2.05, 4.69) is 36.8 Å². The van der Waals surface area contributed by atoms with Crippen LogP contribution in [-0.2, 0) is 4.79 Å². The van der Waals surface area contributed by atoms with Gasteiger partial charge in [0.2, 0.25) is 5.91 Å². The van der Waals surface area contributed by atoms with Crippen molar-refractivity contribution in [3.05, 3.63) is 0 Å². The molecular formula is C10H20N2OS. The number of hydrogen-bond donors (Lipinski definition) is 2. The summed E-state index contributed by atoms with van der Waals surface area (Å²) in [5, 5.41) is 2.67. The zero-order valence-electron chi connectivity index (χ0n) is 9.16. The summed E-state index contributed by atoms with van der Waals surface area (Å²) in [4.78, 5) is 13.6. The maximum absolute atomic E-state index is 11.2. The van der Waals surface area contributed by atoms with Gasteiger partial charge in [0.05, 0.1) is 5.25 Å². The number of amides is 1. The molecular weight excluding hydrogens is 196 g/mol. The number of hydrogen-bond acceptors (Lipinski definition) is 3. The highest BCUT2D eigenvalue weighted by atomic mass is 32.1. The minimum absolute atomic E-state index is 0.0179. The Labute approximate surface area is 91.6 Å². The normalized spacial score (nSPS) is 20.6. The van der Waals surface area contributed by atoms with E-state index in [1.807, 2.05) is 0 Å². The van der Waals surface area contributed by atoms with Gasteiger partial charge in [0.1, 0.15) is 0 Å². The molecule has 14 heavy (non-hydrogen) atoms. The van der Waals surface area contributed by atoms with Gasteiger partial charge in [-0.25, -0.2) is 0 Å². The highest BCUT2D eigenvalue weighted by Gasteiger charge is 2.29. The van der Waals surface area contributed by atoms with Crippen LogP contribution in [-0.4, -0.2) is 41.7 Å². The number of likely N-dealkylation sites (N-methyl/N-ethyl adjacent to an activating group) is 1. The van der Waals surface area contributed by atoms with Gasteiger partial charge < -0.3 is 5.32 Å². The van der Waals surface area contributed by atoms with E-state index in [9.17, 15) is 4.79 Å². The molecule has 0 aliphatic heterocycles. The van der Waals surface area contributed by atoms with Gasteiger partial charge in [-0.15, -0.1) is 0 Å².